The van der Waals surface area contributed by atoms with E-state index in [0.29, 0.717) is 0 Å². The number of anilines is 2. The average molecular weight is 711 g/mol. The lowest BCUT2D eigenvalue weighted by Crippen LogP contribution is -2.30. The van der Waals surface area contributed by atoms with Crippen LogP contribution in [-0.4, -0.2) is 10.6 Å². The molecule has 7 aromatic carbocycles. The monoisotopic (exact) mass is 710 g/mol. The van der Waals surface area contributed by atoms with Crippen LogP contribution in [0.2, 0.25) is 0 Å². The van der Waals surface area contributed by atoms with Gasteiger partial charge in [-0.3, -0.25) is 0 Å². The van der Waals surface area contributed by atoms with Crippen molar-refractivity contribution in [3.8, 4) is 27.9 Å². The van der Waals surface area contributed by atoms with E-state index in [-0.39, 0.29) is 11.5 Å². The van der Waals surface area contributed by atoms with E-state index in [1.807, 2.05) is 13.8 Å². The molecule has 1 atom stereocenters. The number of allylic oxidation sites excluding steroid dienone is 2. The van der Waals surface area contributed by atoms with Crippen LogP contribution in [-0.2, 0) is 5.41 Å². The Morgan fingerprint density at radius 3 is 1.82 bits per heavy atom. The molecule has 1 heterocycles. The van der Waals surface area contributed by atoms with Gasteiger partial charge < -0.3 is 9.47 Å². The summed E-state index contributed by atoms with van der Waals surface area (Å²) in [4.78, 5) is 2.52. The van der Waals surface area contributed by atoms with Crippen LogP contribution in [0.4, 0.5) is 11.4 Å². The van der Waals surface area contributed by atoms with E-state index in [1.165, 1.54) is 83.4 Å². The number of rotatable bonds is 6. The molecule has 0 N–H and O–H groups in total. The predicted octanol–water partition coefficient (Wildman–Crippen LogP) is 14.3. The van der Waals surface area contributed by atoms with Crippen molar-refractivity contribution in [3.05, 3.63) is 205 Å². The molecule has 2 nitrogen and oxygen atoms in total. The molecule has 2 heteroatoms. The largest absolute Gasteiger partial charge is 0.334 e. The molecule has 0 aliphatic heterocycles. The van der Waals surface area contributed by atoms with Crippen LogP contribution in [0.3, 0.4) is 0 Å². The lowest BCUT2D eigenvalue weighted by Gasteiger charge is -2.33. The standard InChI is InChI=1S/C51H40N2.C2H6/c1-51(2)47-21-13-12-20-43(47)45-33-46-44-31-30-42(32-49(44)53(50(46)34-48(45)51)39-18-10-5-11-19-39)52(40-26-22-37(23-27-40)35-14-6-3-7-15-35)41-28-24-38(25-29-41)36-16-8-4-9-17-36;1-2/h3-28,30-34,41H,29H2,1-2H3;1-2H3. The van der Waals surface area contributed by atoms with Gasteiger partial charge in [0.05, 0.1) is 17.1 Å². The van der Waals surface area contributed by atoms with Crippen molar-refractivity contribution in [2.75, 3.05) is 4.90 Å². The molecule has 10 rings (SSSR count). The minimum atomic E-state index is -0.0780. The molecule has 1 unspecified atom stereocenters. The smallest absolute Gasteiger partial charge is 0.0561 e. The summed E-state index contributed by atoms with van der Waals surface area (Å²) in [6.45, 7) is 8.74. The van der Waals surface area contributed by atoms with Gasteiger partial charge in [0.15, 0.2) is 0 Å². The van der Waals surface area contributed by atoms with E-state index < -0.39 is 0 Å². The maximum Gasteiger partial charge on any atom is 0.0561 e. The summed E-state index contributed by atoms with van der Waals surface area (Å²) < 4.78 is 2.48. The van der Waals surface area contributed by atoms with Crippen LogP contribution in [0.5, 0.6) is 0 Å². The summed E-state index contributed by atoms with van der Waals surface area (Å²) in [5, 5.41) is 2.55. The predicted molar refractivity (Wildman–Crippen MR) is 236 cm³/mol. The quantitative estimate of drug-likeness (QED) is 0.167. The first-order valence-corrected chi connectivity index (χ1v) is 19.7. The lowest BCUT2D eigenvalue weighted by atomic mass is 9.82. The van der Waals surface area contributed by atoms with Crippen molar-refractivity contribution in [1.82, 2.24) is 4.57 Å². The number of benzene rings is 7. The van der Waals surface area contributed by atoms with Gasteiger partial charge >= 0.3 is 0 Å². The van der Waals surface area contributed by atoms with Crippen molar-refractivity contribution < 1.29 is 0 Å². The molecular formula is C53H46N2. The summed E-state index contributed by atoms with van der Waals surface area (Å²) in [5.74, 6) is 0. The SMILES string of the molecule is CC.CC1(C)c2ccccc2-c2cc3c4ccc(N(c5ccc(-c6ccccc6)cc5)C5C=CC(c6ccccc6)=CC5)cc4n(-c4ccccc4)c3cc21. The number of fused-ring (bicyclic) bond motifs is 6. The second-order valence-corrected chi connectivity index (χ2v) is 14.9. The Balaban J connectivity index is 0.00000195. The fraction of sp³-hybridized carbons (Fsp3) is 0.132. The molecule has 0 bridgehead atoms. The third-order valence-corrected chi connectivity index (χ3v) is 11.5. The van der Waals surface area contributed by atoms with E-state index in [1.54, 1.807) is 0 Å². The van der Waals surface area contributed by atoms with Gasteiger partial charge in [0.1, 0.15) is 0 Å². The molecule has 2 aliphatic rings. The van der Waals surface area contributed by atoms with Gasteiger partial charge in [0, 0.05) is 33.2 Å². The topological polar surface area (TPSA) is 8.17 Å². The minimum absolute atomic E-state index is 0.0780. The fourth-order valence-corrected chi connectivity index (χ4v) is 8.83. The van der Waals surface area contributed by atoms with Crippen molar-refractivity contribution in [2.45, 2.75) is 45.6 Å². The summed E-state index contributed by atoms with van der Waals surface area (Å²) in [5.41, 5.74) is 16.4. The summed E-state index contributed by atoms with van der Waals surface area (Å²) >= 11 is 0. The molecule has 0 fully saturated rings. The highest BCUT2D eigenvalue weighted by molar-refractivity contribution is 6.12. The Hall–Kier alpha value is -6.38. The van der Waals surface area contributed by atoms with Crippen molar-refractivity contribution in [1.29, 1.82) is 0 Å². The first-order chi connectivity index (χ1) is 27.0. The maximum atomic E-state index is 2.52. The normalized spacial score (nSPS) is 15.2. The van der Waals surface area contributed by atoms with E-state index in [9.17, 15) is 0 Å². The molecule has 2 aliphatic carbocycles. The number of hydrogen-bond acceptors (Lipinski definition) is 1. The van der Waals surface area contributed by atoms with Crippen molar-refractivity contribution in [2.24, 2.45) is 0 Å². The lowest BCUT2D eigenvalue weighted by molar-refractivity contribution is 0.661. The minimum Gasteiger partial charge on any atom is -0.334 e. The number of nitrogens with zero attached hydrogens (tertiary/aromatic N) is 2. The Bertz CT molecular complexity index is 2700. The second kappa shape index (κ2) is 14.1. The molecule has 55 heavy (non-hydrogen) atoms. The van der Waals surface area contributed by atoms with Gasteiger partial charge in [0.2, 0.25) is 0 Å². The van der Waals surface area contributed by atoms with Crippen LogP contribution < -0.4 is 4.90 Å². The molecular weight excluding hydrogens is 665 g/mol. The first kappa shape index (κ1) is 34.4. The van der Waals surface area contributed by atoms with Gasteiger partial charge in [-0.05, 0) is 99.5 Å². The van der Waals surface area contributed by atoms with Crippen molar-refractivity contribution >= 4 is 38.8 Å². The highest BCUT2D eigenvalue weighted by Gasteiger charge is 2.36. The zero-order chi connectivity index (χ0) is 37.5. The van der Waals surface area contributed by atoms with Gasteiger partial charge in [0.25, 0.3) is 0 Å². The van der Waals surface area contributed by atoms with Gasteiger partial charge in [-0.1, -0.05) is 167 Å². The molecule has 0 radical (unpaired) electrons. The molecule has 268 valence electrons. The van der Waals surface area contributed by atoms with Gasteiger partial charge in [-0.2, -0.15) is 0 Å². The average Bonchev–Trinajstić information content (AvgIpc) is 3.69. The van der Waals surface area contributed by atoms with Crippen LogP contribution in [0.25, 0.3) is 55.3 Å². The molecule has 1 aromatic heterocycles. The van der Waals surface area contributed by atoms with Crippen LogP contribution >= 0.6 is 0 Å². The van der Waals surface area contributed by atoms with E-state index in [2.05, 4.69) is 211 Å². The zero-order valence-electron chi connectivity index (χ0n) is 32.1. The maximum absolute atomic E-state index is 2.52. The Labute approximate surface area is 325 Å². The molecule has 0 amide bonds. The molecule has 0 saturated carbocycles. The number of para-hydroxylation sites is 1. The summed E-state index contributed by atoms with van der Waals surface area (Å²) in [6.07, 6.45) is 7.98. The van der Waals surface area contributed by atoms with Gasteiger partial charge in [-0.15, -0.1) is 0 Å². The van der Waals surface area contributed by atoms with Crippen LogP contribution in [0.1, 0.15) is 50.8 Å². The van der Waals surface area contributed by atoms with Crippen LogP contribution in [0.15, 0.2) is 188 Å². The Morgan fingerprint density at radius 1 is 0.527 bits per heavy atom. The molecule has 0 spiro atoms. The first-order valence-electron chi connectivity index (χ1n) is 19.7. The molecule has 8 aromatic rings. The van der Waals surface area contributed by atoms with E-state index >= 15 is 0 Å². The molecule has 0 saturated heterocycles. The van der Waals surface area contributed by atoms with Crippen LogP contribution in [0, 0.1) is 0 Å². The highest BCUT2D eigenvalue weighted by Crippen LogP contribution is 2.51. The summed E-state index contributed by atoms with van der Waals surface area (Å²) in [6, 6.07) is 62.4. The third kappa shape index (κ3) is 5.90. The fourth-order valence-electron chi connectivity index (χ4n) is 8.83. The van der Waals surface area contributed by atoms with E-state index in [0.717, 1.165) is 6.42 Å². The van der Waals surface area contributed by atoms with Gasteiger partial charge in [-0.25, -0.2) is 0 Å². The van der Waals surface area contributed by atoms with Crippen molar-refractivity contribution in [3.63, 3.8) is 0 Å². The third-order valence-electron chi connectivity index (χ3n) is 11.5. The second-order valence-electron chi connectivity index (χ2n) is 14.9. The number of aromatic nitrogens is 1. The number of hydrogen-bond donors (Lipinski definition) is 0. The zero-order valence-corrected chi connectivity index (χ0v) is 32.1. The Kier molecular flexibility index (Phi) is 8.83. The van der Waals surface area contributed by atoms with E-state index in [4.69, 9.17) is 0 Å². The summed E-state index contributed by atoms with van der Waals surface area (Å²) in [7, 11) is 0. The Morgan fingerprint density at radius 2 is 1.13 bits per heavy atom. The highest BCUT2D eigenvalue weighted by atomic mass is 15.2.